The molecule has 4 rings (SSSR count). The molecule has 1 aliphatic rings. The normalized spacial score (nSPS) is 20.6. The van der Waals surface area contributed by atoms with Gasteiger partial charge in [0, 0.05) is 24.8 Å². The van der Waals surface area contributed by atoms with E-state index in [-0.39, 0.29) is 36.8 Å². The topological polar surface area (TPSA) is 158 Å². The van der Waals surface area contributed by atoms with Gasteiger partial charge in [0.2, 0.25) is 5.95 Å². The highest BCUT2D eigenvalue weighted by Gasteiger charge is 2.35. The van der Waals surface area contributed by atoms with Gasteiger partial charge >= 0.3 is 5.97 Å². The van der Waals surface area contributed by atoms with Gasteiger partial charge in [0.15, 0.2) is 11.2 Å². The second-order valence-electron chi connectivity index (χ2n) is 6.98. The molecule has 0 spiro atoms. The Morgan fingerprint density at radius 3 is 2.97 bits per heavy atom. The summed E-state index contributed by atoms with van der Waals surface area (Å²) in [4.78, 5) is 29.0. The zero-order chi connectivity index (χ0) is 22.5. The first-order chi connectivity index (χ1) is 15.5. The summed E-state index contributed by atoms with van der Waals surface area (Å²) in [6.07, 6.45) is 2.19. The molecule has 0 aliphatic carbocycles. The number of anilines is 1. The highest BCUT2D eigenvalue weighted by Crippen LogP contribution is 2.33. The number of ether oxygens (including phenoxy) is 2. The largest absolute Gasteiger partial charge is 0.405 e. The first kappa shape index (κ1) is 22.7. The minimum atomic E-state index is -0.812. The van der Waals surface area contributed by atoms with Crippen molar-refractivity contribution < 1.29 is 24.5 Å². The molecular weight excluding hydrogens is 456 g/mol. The molecule has 3 aromatic rings. The third-order valence-electron chi connectivity index (χ3n) is 4.70. The lowest BCUT2D eigenvalue weighted by Gasteiger charge is -2.13. The molecule has 3 unspecified atom stereocenters. The zero-order valence-corrected chi connectivity index (χ0v) is 18.5. The minimum Gasteiger partial charge on any atom is -0.405 e. The number of aliphatic hydroxyl groups excluding tert-OH is 2. The first-order valence-corrected chi connectivity index (χ1v) is 12.2. The SMILES string of the molecule is Nc1nc(OC(=O)CCCSSc2ccccn2)c2ncn(C3CC(O)C(CO)O3)c2n1. The zero-order valence-electron chi connectivity index (χ0n) is 16.9. The molecule has 4 heterocycles. The fraction of sp³-hybridized carbons (Fsp3) is 0.421. The molecule has 170 valence electrons. The fourth-order valence-corrected chi connectivity index (χ4v) is 5.14. The molecule has 32 heavy (non-hydrogen) atoms. The van der Waals surface area contributed by atoms with Crippen LogP contribution >= 0.6 is 21.6 Å². The second-order valence-corrected chi connectivity index (χ2v) is 9.41. The number of carbonyl (C=O) groups is 1. The van der Waals surface area contributed by atoms with E-state index >= 15 is 0 Å². The van der Waals surface area contributed by atoms with Crippen molar-refractivity contribution in [2.45, 2.75) is 42.7 Å². The molecule has 3 aromatic heterocycles. The van der Waals surface area contributed by atoms with E-state index in [1.807, 2.05) is 18.2 Å². The third-order valence-corrected chi connectivity index (χ3v) is 7.05. The molecule has 0 radical (unpaired) electrons. The second kappa shape index (κ2) is 10.4. The van der Waals surface area contributed by atoms with Crippen LogP contribution < -0.4 is 10.5 Å². The highest BCUT2D eigenvalue weighted by molar-refractivity contribution is 8.76. The molecule has 3 atom stereocenters. The molecule has 0 bridgehead atoms. The molecule has 1 saturated heterocycles. The molecule has 1 aliphatic heterocycles. The number of aliphatic hydroxyl groups is 2. The lowest BCUT2D eigenvalue weighted by molar-refractivity contribution is -0.134. The van der Waals surface area contributed by atoms with Gasteiger partial charge in [-0.2, -0.15) is 9.97 Å². The number of fused-ring (bicyclic) bond motifs is 1. The Bertz CT molecular complexity index is 1070. The van der Waals surface area contributed by atoms with Crippen molar-refractivity contribution in [2.24, 2.45) is 0 Å². The summed E-state index contributed by atoms with van der Waals surface area (Å²) in [5.41, 5.74) is 6.39. The predicted molar refractivity (Wildman–Crippen MR) is 119 cm³/mol. The molecule has 4 N–H and O–H groups in total. The van der Waals surface area contributed by atoms with E-state index in [4.69, 9.17) is 15.2 Å². The molecule has 0 aromatic carbocycles. The van der Waals surface area contributed by atoms with E-state index in [1.54, 1.807) is 32.4 Å². The number of rotatable bonds is 9. The van der Waals surface area contributed by atoms with E-state index in [2.05, 4.69) is 19.9 Å². The number of imidazole rings is 1. The number of pyridine rings is 1. The Hall–Kier alpha value is -2.45. The maximum absolute atomic E-state index is 12.3. The van der Waals surface area contributed by atoms with Gasteiger partial charge in [-0.1, -0.05) is 16.9 Å². The average Bonchev–Trinajstić information content (AvgIpc) is 3.37. The van der Waals surface area contributed by atoms with Crippen LogP contribution in [0.3, 0.4) is 0 Å². The van der Waals surface area contributed by atoms with Gasteiger partial charge in [-0.3, -0.25) is 9.36 Å². The van der Waals surface area contributed by atoms with E-state index in [0.29, 0.717) is 12.1 Å². The van der Waals surface area contributed by atoms with Crippen LogP contribution in [0.4, 0.5) is 5.95 Å². The quantitative estimate of drug-likeness (QED) is 0.232. The molecule has 1 fully saturated rings. The Morgan fingerprint density at radius 1 is 1.34 bits per heavy atom. The smallest absolute Gasteiger partial charge is 0.312 e. The Morgan fingerprint density at radius 2 is 2.22 bits per heavy atom. The van der Waals surface area contributed by atoms with Gasteiger partial charge in [-0.05, 0) is 29.3 Å². The van der Waals surface area contributed by atoms with Crippen LogP contribution in [0.25, 0.3) is 11.2 Å². The van der Waals surface area contributed by atoms with Crippen LogP contribution in [0.5, 0.6) is 5.88 Å². The maximum atomic E-state index is 12.3. The third kappa shape index (κ3) is 5.30. The van der Waals surface area contributed by atoms with Gasteiger partial charge in [-0.25, -0.2) is 9.97 Å². The van der Waals surface area contributed by atoms with Gasteiger partial charge < -0.3 is 25.4 Å². The fourth-order valence-electron chi connectivity index (χ4n) is 3.17. The van der Waals surface area contributed by atoms with Gasteiger partial charge in [0.1, 0.15) is 17.4 Å². The number of aromatic nitrogens is 5. The van der Waals surface area contributed by atoms with Crippen molar-refractivity contribution in [3.05, 3.63) is 30.7 Å². The Labute approximate surface area is 191 Å². The van der Waals surface area contributed by atoms with E-state index in [1.165, 1.54) is 6.33 Å². The summed E-state index contributed by atoms with van der Waals surface area (Å²) in [5.74, 6) is 0.195. The summed E-state index contributed by atoms with van der Waals surface area (Å²) in [7, 11) is 3.17. The molecule has 0 saturated carbocycles. The maximum Gasteiger partial charge on any atom is 0.312 e. The summed E-state index contributed by atoms with van der Waals surface area (Å²) in [5, 5.41) is 20.2. The summed E-state index contributed by atoms with van der Waals surface area (Å²) in [6, 6.07) is 5.71. The number of hydrogen-bond donors (Lipinski definition) is 3. The summed E-state index contributed by atoms with van der Waals surface area (Å²) >= 11 is 0. The van der Waals surface area contributed by atoms with Crippen LogP contribution in [0.1, 0.15) is 25.5 Å². The number of carbonyl (C=O) groups excluding carboxylic acids is 1. The van der Waals surface area contributed by atoms with Crippen LogP contribution in [-0.2, 0) is 9.53 Å². The van der Waals surface area contributed by atoms with Crippen LogP contribution in [0, 0.1) is 0 Å². The lowest BCUT2D eigenvalue weighted by Crippen LogP contribution is -2.24. The van der Waals surface area contributed by atoms with Gasteiger partial charge in [-0.15, -0.1) is 0 Å². The van der Waals surface area contributed by atoms with Crippen LogP contribution in [-0.4, -0.2) is 65.3 Å². The van der Waals surface area contributed by atoms with E-state index in [9.17, 15) is 15.0 Å². The molecule has 0 amide bonds. The molecular formula is C19H22N6O5S2. The number of nitrogens with two attached hydrogens (primary N) is 1. The van der Waals surface area contributed by atoms with Crippen molar-refractivity contribution in [3.8, 4) is 5.88 Å². The summed E-state index contributed by atoms with van der Waals surface area (Å²) < 4.78 is 12.6. The lowest BCUT2D eigenvalue weighted by atomic mass is 10.2. The first-order valence-electron chi connectivity index (χ1n) is 9.90. The number of esters is 1. The number of nitrogens with zero attached hydrogens (tertiary/aromatic N) is 5. The number of hydrogen-bond acceptors (Lipinski definition) is 12. The van der Waals surface area contributed by atoms with Crippen molar-refractivity contribution in [3.63, 3.8) is 0 Å². The molecule has 11 nitrogen and oxygen atoms in total. The van der Waals surface area contributed by atoms with E-state index < -0.39 is 24.4 Å². The molecule has 13 heteroatoms. The minimum absolute atomic E-state index is 0.0241. The monoisotopic (exact) mass is 478 g/mol. The average molecular weight is 479 g/mol. The van der Waals surface area contributed by atoms with Crippen LogP contribution in [0.15, 0.2) is 35.7 Å². The van der Waals surface area contributed by atoms with Crippen LogP contribution in [0.2, 0.25) is 0 Å². The van der Waals surface area contributed by atoms with E-state index in [0.717, 1.165) is 10.8 Å². The van der Waals surface area contributed by atoms with Crippen molar-refractivity contribution >= 4 is 44.7 Å². The Balaban J connectivity index is 1.35. The number of nitrogen functional groups attached to an aromatic ring is 1. The van der Waals surface area contributed by atoms with Gasteiger partial charge in [0.05, 0.1) is 19.0 Å². The van der Waals surface area contributed by atoms with Gasteiger partial charge in [0.25, 0.3) is 5.88 Å². The standard InChI is InChI=1S/C19H22N6O5S2/c20-19-23-17-16(22-10-25(17)14-8-11(27)12(9-26)29-14)18(24-19)30-15(28)5-3-7-31-32-13-4-1-2-6-21-13/h1-2,4,6,10-12,14,26-27H,3,5,7-9H2,(H2,20,23,24). The van der Waals surface area contributed by atoms with Crippen molar-refractivity contribution in [2.75, 3.05) is 18.1 Å². The highest BCUT2D eigenvalue weighted by atomic mass is 33.1. The predicted octanol–water partition coefficient (Wildman–Crippen LogP) is 1.57. The van der Waals surface area contributed by atoms with Crippen molar-refractivity contribution in [1.82, 2.24) is 24.5 Å². The summed E-state index contributed by atoms with van der Waals surface area (Å²) in [6.45, 7) is -0.303. The Kier molecular flexibility index (Phi) is 7.42. The van der Waals surface area contributed by atoms with Crippen molar-refractivity contribution in [1.29, 1.82) is 0 Å².